The van der Waals surface area contributed by atoms with Gasteiger partial charge in [0, 0.05) is 24.0 Å². The third kappa shape index (κ3) is 6.11. The van der Waals surface area contributed by atoms with Crippen molar-refractivity contribution in [2.24, 2.45) is 0 Å². The molecule has 2 aromatic carbocycles. The molecule has 0 aliphatic heterocycles. The molecule has 6 nitrogen and oxygen atoms in total. The van der Waals surface area contributed by atoms with Crippen LogP contribution in [0.1, 0.15) is 31.4 Å². The second-order valence-electron chi connectivity index (χ2n) is 6.25. The summed E-state index contributed by atoms with van der Waals surface area (Å²) in [5.74, 6) is -0.465. The molecule has 3 rings (SSSR count). The van der Waals surface area contributed by atoms with E-state index in [1.54, 1.807) is 5.38 Å². The summed E-state index contributed by atoms with van der Waals surface area (Å²) in [7, 11) is 0. The fourth-order valence-corrected chi connectivity index (χ4v) is 3.12. The smallest absolute Gasteiger partial charge is 0.270 e. The van der Waals surface area contributed by atoms with Crippen LogP contribution in [-0.2, 0) is 6.61 Å². The summed E-state index contributed by atoms with van der Waals surface area (Å²) < 4.78 is 18.8. The van der Waals surface area contributed by atoms with E-state index in [0.717, 1.165) is 17.4 Å². The zero-order valence-electron chi connectivity index (χ0n) is 15.8. The van der Waals surface area contributed by atoms with Gasteiger partial charge in [0.05, 0.1) is 0 Å². The standard InChI is InChI=1S/C21H20FN3O3S/c1-14-5-7-17(8-6-14)28-12-19-25-18(13-29-19)21(27)24-10-9-23-20(26)15-3-2-4-16(22)11-15/h2-8,11,13H,9-10,12H2,1H3,(H,23,26)(H,24,27). The molecular weight excluding hydrogens is 393 g/mol. The Morgan fingerprint density at radius 2 is 1.79 bits per heavy atom. The van der Waals surface area contributed by atoms with Crippen molar-refractivity contribution in [3.63, 3.8) is 0 Å². The highest BCUT2D eigenvalue weighted by Gasteiger charge is 2.11. The number of nitrogens with one attached hydrogen (secondary N) is 2. The van der Waals surface area contributed by atoms with Gasteiger partial charge in [-0.25, -0.2) is 9.37 Å². The molecule has 0 spiro atoms. The number of halogens is 1. The largest absolute Gasteiger partial charge is 0.486 e. The number of hydrogen-bond donors (Lipinski definition) is 2. The van der Waals surface area contributed by atoms with E-state index in [-0.39, 0.29) is 31.2 Å². The van der Waals surface area contributed by atoms with Crippen LogP contribution in [0.5, 0.6) is 5.75 Å². The minimum atomic E-state index is -0.475. The minimum absolute atomic E-state index is 0.217. The van der Waals surface area contributed by atoms with E-state index in [2.05, 4.69) is 15.6 Å². The van der Waals surface area contributed by atoms with Gasteiger partial charge in [-0.1, -0.05) is 23.8 Å². The molecule has 0 aliphatic carbocycles. The molecule has 3 aromatic rings. The number of benzene rings is 2. The van der Waals surface area contributed by atoms with Gasteiger partial charge in [-0.15, -0.1) is 11.3 Å². The Hall–Kier alpha value is -3.26. The monoisotopic (exact) mass is 413 g/mol. The maximum Gasteiger partial charge on any atom is 0.270 e. The lowest BCUT2D eigenvalue weighted by Crippen LogP contribution is -2.34. The number of amides is 2. The van der Waals surface area contributed by atoms with Crippen LogP contribution in [0.2, 0.25) is 0 Å². The summed E-state index contributed by atoms with van der Waals surface area (Å²) in [5.41, 5.74) is 1.68. The van der Waals surface area contributed by atoms with E-state index in [1.807, 2.05) is 31.2 Å². The quantitative estimate of drug-likeness (QED) is 0.555. The molecule has 0 saturated heterocycles. The lowest BCUT2D eigenvalue weighted by atomic mass is 10.2. The average molecular weight is 413 g/mol. The molecule has 1 aromatic heterocycles. The molecule has 0 fully saturated rings. The van der Waals surface area contributed by atoms with Gasteiger partial charge in [0.2, 0.25) is 0 Å². The number of carbonyl (C=O) groups excluding carboxylic acids is 2. The molecule has 2 amide bonds. The SMILES string of the molecule is Cc1ccc(OCc2nc(C(=O)NCCNC(=O)c3cccc(F)c3)cs2)cc1. The minimum Gasteiger partial charge on any atom is -0.486 e. The normalized spacial score (nSPS) is 10.4. The summed E-state index contributed by atoms with van der Waals surface area (Å²) in [5, 5.41) is 7.66. The number of nitrogens with zero attached hydrogens (tertiary/aromatic N) is 1. The van der Waals surface area contributed by atoms with Crippen LogP contribution in [0.3, 0.4) is 0 Å². The molecule has 2 N–H and O–H groups in total. The second-order valence-corrected chi connectivity index (χ2v) is 7.19. The Labute approximate surface area is 171 Å². The second kappa shape index (κ2) is 9.79. The summed E-state index contributed by atoms with van der Waals surface area (Å²) in [6.45, 7) is 2.73. The fraction of sp³-hybridized carbons (Fsp3) is 0.190. The third-order valence-corrected chi connectivity index (χ3v) is 4.77. The Morgan fingerprint density at radius 1 is 1.07 bits per heavy atom. The van der Waals surface area contributed by atoms with E-state index < -0.39 is 11.7 Å². The molecule has 150 valence electrons. The van der Waals surface area contributed by atoms with Gasteiger partial charge in [0.1, 0.15) is 28.9 Å². The Kier molecular flexibility index (Phi) is 6.91. The van der Waals surface area contributed by atoms with Crippen LogP contribution in [0.15, 0.2) is 53.9 Å². The number of carbonyl (C=O) groups is 2. The van der Waals surface area contributed by atoms with Crippen molar-refractivity contribution in [2.75, 3.05) is 13.1 Å². The predicted octanol–water partition coefficient (Wildman–Crippen LogP) is 3.33. The third-order valence-electron chi connectivity index (χ3n) is 3.95. The number of aromatic nitrogens is 1. The fourth-order valence-electron chi connectivity index (χ4n) is 2.44. The topological polar surface area (TPSA) is 80.3 Å². The zero-order valence-corrected chi connectivity index (χ0v) is 16.6. The number of hydrogen-bond acceptors (Lipinski definition) is 5. The molecule has 0 unspecified atom stereocenters. The van der Waals surface area contributed by atoms with Crippen LogP contribution in [-0.4, -0.2) is 29.9 Å². The summed E-state index contributed by atoms with van der Waals surface area (Å²) in [6.07, 6.45) is 0. The first-order valence-corrected chi connectivity index (χ1v) is 9.85. The van der Waals surface area contributed by atoms with Crippen molar-refractivity contribution in [1.82, 2.24) is 15.6 Å². The first-order chi connectivity index (χ1) is 14.0. The first-order valence-electron chi connectivity index (χ1n) is 8.97. The van der Waals surface area contributed by atoms with Crippen molar-refractivity contribution >= 4 is 23.2 Å². The highest BCUT2D eigenvalue weighted by molar-refractivity contribution is 7.09. The van der Waals surface area contributed by atoms with Gasteiger partial charge in [-0.05, 0) is 37.3 Å². The van der Waals surface area contributed by atoms with E-state index in [9.17, 15) is 14.0 Å². The molecular formula is C21H20FN3O3S. The average Bonchev–Trinajstić information content (AvgIpc) is 3.20. The summed E-state index contributed by atoms with van der Waals surface area (Å²) in [4.78, 5) is 28.3. The number of aryl methyl sites for hydroxylation is 1. The van der Waals surface area contributed by atoms with Crippen molar-refractivity contribution < 1.29 is 18.7 Å². The van der Waals surface area contributed by atoms with Gasteiger partial charge in [-0.2, -0.15) is 0 Å². The van der Waals surface area contributed by atoms with E-state index in [0.29, 0.717) is 10.7 Å². The number of ether oxygens (including phenoxy) is 1. The molecule has 0 radical (unpaired) electrons. The highest BCUT2D eigenvalue weighted by Crippen LogP contribution is 2.16. The van der Waals surface area contributed by atoms with Gasteiger partial charge < -0.3 is 15.4 Å². The molecule has 1 heterocycles. The van der Waals surface area contributed by atoms with E-state index in [1.165, 1.54) is 29.5 Å². The molecule has 29 heavy (non-hydrogen) atoms. The Bertz CT molecular complexity index is 989. The number of thiazole rings is 1. The molecule has 0 bridgehead atoms. The summed E-state index contributed by atoms with van der Waals surface area (Å²) >= 11 is 1.34. The maximum absolute atomic E-state index is 13.1. The van der Waals surface area contributed by atoms with Crippen LogP contribution in [0, 0.1) is 12.7 Å². The van der Waals surface area contributed by atoms with Gasteiger partial charge in [0.15, 0.2) is 0 Å². The van der Waals surface area contributed by atoms with E-state index >= 15 is 0 Å². The Balaban J connectivity index is 1.40. The highest BCUT2D eigenvalue weighted by atomic mass is 32.1. The lowest BCUT2D eigenvalue weighted by Gasteiger charge is -2.06. The predicted molar refractivity (Wildman–Crippen MR) is 109 cm³/mol. The van der Waals surface area contributed by atoms with Crippen LogP contribution < -0.4 is 15.4 Å². The molecule has 0 saturated carbocycles. The first kappa shape index (κ1) is 20.5. The lowest BCUT2D eigenvalue weighted by molar-refractivity contribution is 0.0925. The van der Waals surface area contributed by atoms with Crippen molar-refractivity contribution in [3.05, 3.63) is 81.6 Å². The molecule has 0 aliphatic rings. The summed E-state index contributed by atoms with van der Waals surface area (Å²) in [6, 6.07) is 13.1. The molecule has 0 atom stereocenters. The maximum atomic E-state index is 13.1. The van der Waals surface area contributed by atoms with Crippen molar-refractivity contribution in [3.8, 4) is 5.75 Å². The molecule has 8 heteroatoms. The van der Waals surface area contributed by atoms with Gasteiger partial charge in [-0.3, -0.25) is 9.59 Å². The van der Waals surface area contributed by atoms with Crippen molar-refractivity contribution in [2.45, 2.75) is 13.5 Å². The van der Waals surface area contributed by atoms with Crippen molar-refractivity contribution in [1.29, 1.82) is 0 Å². The van der Waals surface area contributed by atoms with E-state index in [4.69, 9.17) is 4.74 Å². The van der Waals surface area contributed by atoms with Crippen LogP contribution in [0.4, 0.5) is 4.39 Å². The van der Waals surface area contributed by atoms with Gasteiger partial charge in [0.25, 0.3) is 11.8 Å². The zero-order chi connectivity index (χ0) is 20.6. The van der Waals surface area contributed by atoms with Crippen LogP contribution in [0.25, 0.3) is 0 Å². The Morgan fingerprint density at radius 3 is 2.52 bits per heavy atom. The van der Waals surface area contributed by atoms with Gasteiger partial charge >= 0.3 is 0 Å². The van der Waals surface area contributed by atoms with Crippen LogP contribution >= 0.6 is 11.3 Å². The number of rotatable bonds is 8.